The molecular formula is C13H25N3O. The first-order valence-corrected chi connectivity index (χ1v) is 6.65. The highest BCUT2D eigenvalue weighted by Gasteiger charge is 2.43. The zero-order chi connectivity index (χ0) is 12.6. The zero-order valence-corrected chi connectivity index (χ0v) is 11.5. The van der Waals surface area contributed by atoms with E-state index < -0.39 is 0 Å². The minimum Gasteiger partial charge on any atom is -0.322 e. The summed E-state index contributed by atoms with van der Waals surface area (Å²) in [6.07, 6.45) is 2.19. The molecule has 1 unspecified atom stereocenters. The SMILES string of the molecule is CN1C(=O)N(C2CCNCC2)CC1C(C)(C)C. The Kier molecular flexibility index (Phi) is 3.34. The summed E-state index contributed by atoms with van der Waals surface area (Å²) in [4.78, 5) is 16.3. The Morgan fingerprint density at radius 1 is 1.24 bits per heavy atom. The van der Waals surface area contributed by atoms with Crippen molar-refractivity contribution in [1.29, 1.82) is 0 Å². The molecule has 1 atom stereocenters. The molecule has 4 heteroatoms. The first-order valence-electron chi connectivity index (χ1n) is 6.65. The van der Waals surface area contributed by atoms with Gasteiger partial charge in [-0.1, -0.05) is 20.8 Å². The van der Waals surface area contributed by atoms with Crippen molar-refractivity contribution in [2.24, 2.45) is 5.41 Å². The van der Waals surface area contributed by atoms with Gasteiger partial charge in [0.1, 0.15) is 0 Å². The van der Waals surface area contributed by atoms with Gasteiger partial charge in [0.2, 0.25) is 0 Å². The van der Waals surface area contributed by atoms with E-state index >= 15 is 0 Å². The molecule has 2 aliphatic heterocycles. The van der Waals surface area contributed by atoms with Crippen LogP contribution in [0.15, 0.2) is 0 Å². The van der Waals surface area contributed by atoms with Crippen molar-refractivity contribution < 1.29 is 4.79 Å². The van der Waals surface area contributed by atoms with Gasteiger partial charge in [0.25, 0.3) is 0 Å². The summed E-state index contributed by atoms with van der Waals surface area (Å²) in [5.41, 5.74) is 0.159. The van der Waals surface area contributed by atoms with Gasteiger partial charge in [-0.3, -0.25) is 0 Å². The fourth-order valence-corrected chi connectivity index (χ4v) is 3.00. The summed E-state index contributed by atoms with van der Waals surface area (Å²) in [5, 5.41) is 3.35. The Bertz CT molecular complexity index is 292. The van der Waals surface area contributed by atoms with Crippen molar-refractivity contribution in [2.45, 2.75) is 45.7 Å². The number of hydrogen-bond acceptors (Lipinski definition) is 2. The van der Waals surface area contributed by atoms with Crippen molar-refractivity contribution in [3.05, 3.63) is 0 Å². The van der Waals surface area contributed by atoms with Crippen LogP contribution in [0.5, 0.6) is 0 Å². The minimum absolute atomic E-state index is 0.159. The number of carbonyl (C=O) groups is 1. The third-order valence-corrected chi connectivity index (χ3v) is 4.13. The largest absolute Gasteiger partial charge is 0.322 e. The lowest BCUT2D eigenvalue weighted by Crippen LogP contribution is -2.44. The summed E-state index contributed by atoms with van der Waals surface area (Å²) >= 11 is 0. The highest BCUT2D eigenvalue weighted by atomic mass is 16.2. The van der Waals surface area contributed by atoms with Crippen LogP contribution in [0.2, 0.25) is 0 Å². The van der Waals surface area contributed by atoms with E-state index in [0.29, 0.717) is 12.1 Å². The van der Waals surface area contributed by atoms with Crippen LogP contribution in [-0.2, 0) is 0 Å². The maximum absolute atomic E-state index is 12.3. The molecule has 17 heavy (non-hydrogen) atoms. The molecule has 0 radical (unpaired) electrons. The molecule has 1 N–H and O–H groups in total. The summed E-state index contributed by atoms with van der Waals surface area (Å²) in [5.74, 6) is 0. The summed E-state index contributed by atoms with van der Waals surface area (Å²) < 4.78 is 0. The van der Waals surface area contributed by atoms with E-state index in [2.05, 4.69) is 31.0 Å². The summed E-state index contributed by atoms with van der Waals surface area (Å²) in [6, 6.07) is 1.00. The van der Waals surface area contributed by atoms with Crippen LogP contribution >= 0.6 is 0 Å². The molecule has 98 valence electrons. The lowest BCUT2D eigenvalue weighted by Gasteiger charge is -2.32. The van der Waals surface area contributed by atoms with Crippen molar-refractivity contribution in [3.8, 4) is 0 Å². The number of hydrogen-bond donors (Lipinski definition) is 1. The molecule has 2 rings (SSSR count). The minimum atomic E-state index is 0.159. The monoisotopic (exact) mass is 239 g/mol. The lowest BCUT2D eigenvalue weighted by atomic mass is 9.86. The zero-order valence-electron chi connectivity index (χ0n) is 11.5. The van der Waals surface area contributed by atoms with E-state index in [0.717, 1.165) is 32.5 Å². The van der Waals surface area contributed by atoms with Crippen LogP contribution in [0.3, 0.4) is 0 Å². The van der Waals surface area contributed by atoms with Crippen molar-refractivity contribution >= 4 is 6.03 Å². The molecular weight excluding hydrogens is 214 g/mol. The van der Waals surface area contributed by atoms with Gasteiger partial charge < -0.3 is 15.1 Å². The second kappa shape index (κ2) is 4.48. The van der Waals surface area contributed by atoms with Crippen LogP contribution in [0.25, 0.3) is 0 Å². The van der Waals surface area contributed by atoms with Gasteiger partial charge in [0.05, 0.1) is 6.04 Å². The van der Waals surface area contributed by atoms with E-state index in [4.69, 9.17) is 0 Å². The molecule has 2 heterocycles. The highest BCUT2D eigenvalue weighted by Crippen LogP contribution is 2.31. The Labute approximate surface area is 104 Å². The van der Waals surface area contributed by atoms with Gasteiger partial charge in [0, 0.05) is 19.6 Å². The topological polar surface area (TPSA) is 35.6 Å². The second-order valence-electron chi connectivity index (χ2n) is 6.41. The predicted molar refractivity (Wildman–Crippen MR) is 69.0 cm³/mol. The van der Waals surface area contributed by atoms with E-state index in [1.54, 1.807) is 0 Å². The molecule has 0 aliphatic carbocycles. The van der Waals surface area contributed by atoms with Gasteiger partial charge in [-0.2, -0.15) is 0 Å². The van der Waals surface area contributed by atoms with Crippen LogP contribution in [-0.4, -0.2) is 54.6 Å². The average molecular weight is 239 g/mol. The number of rotatable bonds is 1. The first kappa shape index (κ1) is 12.7. The van der Waals surface area contributed by atoms with Crippen LogP contribution in [0.4, 0.5) is 4.79 Å². The molecule has 0 spiro atoms. The maximum Gasteiger partial charge on any atom is 0.320 e. The fraction of sp³-hybridized carbons (Fsp3) is 0.923. The third kappa shape index (κ3) is 2.41. The van der Waals surface area contributed by atoms with Gasteiger partial charge in [0.15, 0.2) is 0 Å². The van der Waals surface area contributed by atoms with Gasteiger partial charge in [-0.15, -0.1) is 0 Å². The maximum atomic E-state index is 12.3. The number of amides is 2. The molecule has 0 saturated carbocycles. The quantitative estimate of drug-likeness (QED) is 0.753. The average Bonchev–Trinajstić information content (AvgIpc) is 2.57. The van der Waals surface area contributed by atoms with Gasteiger partial charge in [-0.25, -0.2) is 4.79 Å². The number of nitrogens with one attached hydrogen (secondary N) is 1. The Morgan fingerprint density at radius 3 is 2.29 bits per heavy atom. The van der Waals surface area contributed by atoms with Crippen molar-refractivity contribution in [1.82, 2.24) is 15.1 Å². The van der Waals surface area contributed by atoms with E-state index in [-0.39, 0.29) is 11.4 Å². The standard InChI is InChI=1S/C13H25N3O/c1-13(2,3)11-9-16(12(17)15(11)4)10-5-7-14-8-6-10/h10-11,14H,5-9H2,1-4H3. The number of likely N-dealkylation sites (N-methyl/N-ethyl adjacent to an activating group) is 1. The Hall–Kier alpha value is -0.770. The Balaban J connectivity index is 2.08. The molecule has 0 bridgehead atoms. The van der Waals surface area contributed by atoms with Crippen molar-refractivity contribution in [2.75, 3.05) is 26.7 Å². The van der Waals surface area contributed by atoms with E-state index in [9.17, 15) is 4.79 Å². The van der Waals surface area contributed by atoms with Gasteiger partial charge >= 0.3 is 6.03 Å². The molecule has 2 fully saturated rings. The predicted octanol–water partition coefficient (Wildman–Crippen LogP) is 1.52. The highest BCUT2D eigenvalue weighted by molar-refractivity contribution is 5.77. The number of piperidine rings is 1. The number of urea groups is 1. The van der Waals surface area contributed by atoms with E-state index in [1.807, 2.05) is 11.9 Å². The van der Waals surface area contributed by atoms with E-state index in [1.165, 1.54) is 0 Å². The number of carbonyl (C=O) groups excluding carboxylic acids is 1. The molecule has 0 aromatic rings. The van der Waals surface area contributed by atoms with Crippen LogP contribution < -0.4 is 5.32 Å². The van der Waals surface area contributed by atoms with Crippen LogP contribution in [0.1, 0.15) is 33.6 Å². The molecule has 2 aliphatic rings. The molecule has 2 amide bonds. The second-order valence-corrected chi connectivity index (χ2v) is 6.41. The summed E-state index contributed by atoms with van der Waals surface area (Å²) in [6.45, 7) is 9.62. The van der Waals surface area contributed by atoms with Crippen molar-refractivity contribution in [3.63, 3.8) is 0 Å². The molecule has 2 saturated heterocycles. The normalized spacial score (nSPS) is 28.0. The van der Waals surface area contributed by atoms with Gasteiger partial charge in [-0.05, 0) is 31.3 Å². The first-order chi connectivity index (χ1) is 7.91. The lowest BCUT2D eigenvalue weighted by molar-refractivity contribution is 0.166. The molecule has 4 nitrogen and oxygen atoms in total. The fourth-order valence-electron chi connectivity index (χ4n) is 3.00. The molecule has 0 aromatic heterocycles. The third-order valence-electron chi connectivity index (χ3n) is 4.13. The molecule has 0 aromatic carbocycles. The smallest absolute Gasteiger partial charge is 0.320 e. The van der Waals surface area contributed by atoms with Crippen LogP contribution in [0, 0.1) is 5.41 Å². The summed E-state index contributed by atoms with van der Waals surface area (Å²) in [7, 11) is 1.94. The Morgan fingerprint density at radius 2 is 1.82 bits per heavy atom. The number of nitrogens with zero attached hydrogens (tertiary/aromatic N) is 2.